The minimum Gasteiger partial charge on any atom is -0.480 e. The number of nitrogens with one attached hydrogen (secondary N) is 1. The minimum atomic E-state index is -1.14. The van der Waals surface area contributed by atoms with E-state index in [0.29, 0.717) is 5.69 Å². The number of aromatic nitrogens is 2. The maximum Gasteiger partial charge on any atom is 0.326 e. The third kappa shape index (κ3) is 5.71. The average molecular weight is 360 g/mol. The van der Waals surface area contributed by atoms with Crippen molar-refractivity contribution in [2.45, 2.75) is 31.5 Å². The summed E-state index contributed by atoms with van der Waals surface area (Å²) in [5.41, 5.74) is 6.67. The van der Waals surface area contributed by atoms with E-state index in [-0.39, 0.29) is 19.4 Å². The summed E-state index contributed by atoms with van der Waals surface area (Å²) in [4.78, 5) is 38.2. The van der Waals surface area contributed by atoms with Crippen LogP contribution < -0.4 is 11.1 Å². The number of aliphatic carboxylic acids is 2. The zero-order chi connectivity index (χ0) is 19.1. The number of amides is 1. The fourth-order valence-electron chi connectivity index (χ4n) is 2.37. The van der Waals surface area contributed by atoms with Gasteiger partial charge in [-0.3, -0.25) is 9.59 Å². The average Bonchev–Trinajstić information content (AvgIpc) is 3.01. The van der Waals surface area contributed by atoms with E-state index < -0.39 is 29.9 Å². The Morgan fingerprint density at radius 1 is 1.12 bits per heavy atom. The van der Waals surface area contributed by atoms with Gasteiger partial charge in [-0.1, -0.05) is 30.3 Å². The minimum absolute atomic E-state index is 0.0374. The first-order valence-electron chi connectivity index (χ1n) is 7.90. The maximum atomic E-state index is 12.1. The molecule has 0 saturated heterocycles. The molecule has 0 saturated carbocycles. The molecule has 0 aliphatic rings. The Balaban J connectivity index is 1.93. The lowest BCUT2D eigenvalue weighted by atomic mass is 10.1. The largest absolute Gasteiger partial charge is 0.480 e. The predicted molar refractivity (Wildman–Crippen MR) is 91.3 cm³/mol. The van der Waals surface area contributed by atoms with Crippen LogP contribution in [0.15, 0.2) is 42.9 Å². The second-order valence-electron chi connectivity index (χ2n) is 5.83. The van der Waals surface area contributed by atoms with Crippen molar-refractivity contribution in [1.82, 2.24) is 14.9 Å². The molecule has 26 heavy (non-hydrogen) atoms. The standard InChI is InChI=1S/C17H20N4O5/c18-13(16(23)24)7-12-8-21(10-19-12)9-15(22)20-14(17(25)26)6-11-4-2-1-3-5-11/h1-5,8,10,13-14H,6-7,9,18H2,(H,20,22)(H,23,24)(H,25,26)/t13-,14+/m0/s1. The molecule has 0 aliphatic carbocycles. The Hall–Kier alpha value is -3.20. The molecule has 1 heterocycles. The smallest absolute Gasteiger partial charge is 0.326 e. The number of carboxylic acid groups (broad SMARTS) is 2. The number of carbonyl (C=O) groups excluding carboxylic acids is 1. The number of nitrogens with zero attached hydrogens (tertiary/aromatic N) is 2. The quantitative estimate of drug-likeness (QED) is 0.478. The topological polar surface area (TPSA) is 148 Å². The highest BCUT2D eigenvalue weighted by molar-refractivity contribution is 5.83. The number of nitrogens with two attached hydrogens (primary N) is 1. The zero-order valence-corrected chi connectivity index (χ0v) is 13.9. The van der Waals surface area contributed by atoms with Gasteiger partial charge in [0.05, 0.1) is 12.0 Å². The molecule has 1 amide bonds. The van der Waals surface area contributed by atoms with E-state index in [2.05, 4.69) is 10.3 Å². The van der Waals surface area contributed by atoms with Gasteiger partial charge in [-0.25, -0.2) is 9.78 Å². The van der Waals surface area contributed by atoms with Gasteiger partial charge >= 0.3 is 11.9 Å². The lowest BCUT2D eigenvalue weighted by molar-refractivity contribution is -0.142. The molecular formula is C17H20N4O5. The lowest BCUT2D eigenvalue weighted by Crippen LogP contribution is -2.43. The van der Waals surface area contributed by atoms with E-state index in [0.717, 1.165) is 5.56 Å². The van der Waals surface area contributed by atoms with E-state index in [4.69, 9.17) is 10.8 Å². The second-order valence-corrected chi connectivity index (χ2v) is 5.83. The van der Waals surface area contributed by atoms with Crippen molar-refractivity contribution in [2.75, 3.05) is 0 Å². The van der Waals surface area contributed by atoms with Crippen LogP contribution >= 0.6 is 0 Å². The van der Waals surface area contributed by atoms with Crippen LogP contribution in [0.1, 0.15) is 11.3 Å². The molecule has 2 aromatic rings. The van der Waals surface area contributed by atoms with Gasteiger partial charge in [-0.2, -0.15) is 0 Å². The van der Waals surface area contributed by atoms with Crippen molar-refractivity contribution in [3.63, 3.8) is 0 Å². The molecule has 9 heteroatoms. The van der Waals surface area contributed by atoms with Crippen molar-refractivity contribution in [1.29, 1.82) is 0 Å². The van der Waals surface area contributed by atoms with Crippen LogP contribution in [0.3, 0.4) is 0 Å². The fraction of sp³-hybridized carbons (Fsp3) is 0.294. The first-order valence-corrected chi connectivity index (χ1v) is 7.90. The first kappa shape index (κ1) is 19.1. The van der Waals surface area contributed by atoms with Gasteiger partial charge in [0, 0.05) is 19.0 Å². The Labute approximate surface area is 149 Å². The molecule has 0 aliphatic heterocycles. The van der Waals surface area contributed by atoms with Crippen LogP contribution in [0.4, 0.5) is 0 Å². The summed E-state index contributed by atoms with van der Waals surface area (Å²) in [6, 6.07) is 6.87. The molecule has 1 aromatic carbocycles. The molecule has 0 bridgehead atoms. The maximum absolute atomic E-state index is 12.1. The van der Waals surface area contributed by atoms with E-state index in [1.165, 1.54) is 17.1 Å². The predicted octanol–water partition coefficient (Wildman–Crippen LogP) is -0.350. The first-order chi connectivity index (χ1) is 12.3. The normalized spacial score (nSPS) is 13.0. The Morgan fingerprint density at radius 2 is 1.81 bits per heavy atom. The Morgan fingerprint density at radius 3 is 2.42 bits per heavy atom. The van der Waals surface area contributed by atoms with Gasteiger partial charge in [0.2, 0.25) is 5.91 Å². The van der Waals surface area contributed by atoms with Crippen molar-refractivity contribution in [2.24, 2.45) is 5.73 Å². The molecule has 5 N–H and O–H groups in total. The highest BCUT2D eigenvalue weighted by atomic mass is 16.4. The second kappa shape index (κ2) is 8.77. The highest BCUT2D eigenvalue weighted by Gasteiger charge is 2.21. The molecular weight excluding hydrogens is 340 g/mol. The van der Waals surface area contributed by atoms with Gasteiger partial charge in [0.25, 0.3) is 0 Å². The van der Waals surface area contributed by atoms with Gasteiger partial charge in [-0.15, -0.1) is 0 Å². The molecule has 0 unspecified atom stereocenters. The van der Waals surface area contributed by atoms with Crippen LogP contribution in [0, 0.1) is 0 Å². The molecule has 138 valence electrons. The molecule has 0 fully saturated rings. The van der Waals surface area contributed by atoms with Crippen LogP contribution in [0.5, 0.6) is 0 Å². The summed E-state index contributed by atoms with van der Waals surface area (Å²) in [7, 11) is 0. The van der Waals surface area contributed by atoms with Crippen LogP contribution in [0.2, 0.25) is 0 Å². The van der Waals surface area contributed by atoms with Gasteiger partial charge < -0.3 is 25.8 Å². The van der Waals surface area contributed by atoms with E-state index >= 15 is 0 Å². The van der Waals surface area contributed by atoms with Gasteiger partial charge in [0.1, 0.15) is 18.6 Å². The van der Waals surface area contributed by atoms with Crippen LogP contribution in [0.25, 0.3) is 0 Å². The number of benzene rings is 1. The van der Waals surface area contributed by atoms with Crippen LogP contribution in [-0.4, -0.2) is 49.7 Å². The molecule has 0 spiro atoms. The lowest BCUT2D eigenvalue weighted by Gasteiger charge is -2.14. The molecule has 9 nitrogen and oxygen atoms in total. The summed E-state index contributed by atoms with van der Waals surface area (Å²) < 4.78 is 1.45. The number of carbonyl (C=O) groups is 3. The SMILES string of the molecule is N[C@@H](Cc1cn(CC(=O)N[C@H](Cc2ccccc2)C(=O)O)cn1)C(=O)O. The summed E-state index contributed by atoms with van der Waals surface area (Å²) >= 11 is 0. The number of carboxylic acids is 2. The molecule has 2 atom stereocenters. The third-order valence-corrected chi connectivity index (χ3v) is 3.68. The summed E-state index contributed by atoms with van der Waals surface area (Å²) in [5, 5.41) is 20.6. The number of rotatable bonds is 9. The van der Waals surface area contributed by atoms with E-state index in [9.17, 15) is 19.5 Å². The molecule has 2 rings (SSSR count). The summed E-state index contributed by atoms with van der Waals surface area (Å²) in [5.74, 6) is -2.75. The van der Waals surface area contributed by atoms with Crippen molar-refractivity contribution in [3.05, 3.63) is 54.1 Å². The summed E-state index contributed by atoms with van der Waals surface area (Å²) in [6.07, 6.45) is 3.09. The number of hydrogen-bond acceptors (Lipinski definition) is 5. The fourth-order valence-corrected chi connectivity index (χ4v) is 2.37. The Bertz CT molecular complexity index is 774. The van der Waals surface area contributed by atoms with E-state index in [1.807, 2.05) is 6.07 Å². The molecule has 1 aromatic heterocycles. The van der Waals surface area contributed by atoms with Gasteiger partial charge in [0.15, 0.2) is 0 Å². The van der Waals surface area contributed by atoms with Gasteiger partial charge in [-0.05, 0) is 5.56 Å². The zero-order valence-electron chi connectivity index (χ0n) is 13.9. The number of hydrogen-bond donors (Lipinski definition) is 4. The van der Waals surface area contributed by atoms with Crippen molar-refractivity contribution < 1.29 is 24.6 Å². The number of imidazole rings is 1. The Kier molecular flexibility index (Phi) is 6.45. The van der Waals surface area contributed by atoms with E-state index in [1.54, 1.807) is 24.3 Å². The highest BCUT2D eigenvalue weighted by Crippen LogP contribution is 2.04. The van der Waals surface area contributed by atoms with Crippen LogP contribution in [-0.2, 0) is 33.8 Å². The third-order valence-electron chi connectivity index (χ3n) is 3.68. The molecule has 0 radical (unpaired) electrons. The van der Waals surface area contributed by atoms with Crippen molar-refractivity contribution >= 4 is 17.8 Å². The summed E-state index contributed by atoms with van der Waals surface area (Å²) in [6.45, 7) is -0.131. The van der Waals surface area contributed by atoms with Crippen molar-refractivity contribution in [3.8, 4) is 0 Å². The monoisotopic (exact) mass is 360 g/mol.